The number of ether oxygens (including phenoxy) is 1. The molecule has 9 heteroatoms. The Hall–Kier alpha value is -1.48. The molecule has 0 radical (unpaired) electrons. The normalized spacial score (nSPS) is 28.6. The highest BCUT2D eigenvalue weighted by atomic mass is 32.2. The van der Waals surface area contributed by atoms with Gasteiger partial charge in [-0.25, -0.2) is 12.8 Å². The van der Waals surface area contributed by atoms with Crippen molar-refractivity contribution >= 4 is 15.7 Å². The second-order valence-corrected chi connectivity index (χ2v) is 9.05. The van der Waals surface area contributed by atoms with Crippen molar-refractivity contribution in [2.45, 2.75) is 30.2 Å². The van der Waals surface area contributed by atoms with Gasteiger partial charge in [-0.1, -0.05) is 0 Å². The summed E-state index contributed by atoms with van der Waals surface area (Å²) in [6.07, 6.45) is 4.08. The van der Waals surface area contributed by atoms with Crippen LogP contribution in [0.2, 0.25) is 0 Å². The van der Waals surface area contributed by atoms with E-state index in [1.165, 1.54) is 10.9 Å². The van der Waals surface area contributed by atoms with E-state index in [0.717, 1.165) is 19.0 Å². The van der Waals surface area contributed by atoms with Gasteiger partial charge < -0.3 is 9.64 Å². The molecule has 0 unspecified atom stereocenters. The van der Waals surface area contributed by atoms with Gasteiger partial charge in [0.25, 0.3) is 0 Å². The molecule has 1 aromatic rings. The first-order valence-corrected chi connectivity index (χ1v) is 9.41. The predicted octanol–water partition coefficient (Wildman–Crippen LogP) is -0.173. The molecule has 2 aliphatic heterocycles. The number of likely N-dealkylation sites (tertiary alicyclic amines) is 1. The predicted molar refractivity (Wildman–Crippen MR) is 77.7 cm³/mol. The molecule has 1 aromatic heterocycles. The molecule has 0 bridgehead atoms. The number of nitrogens with zero attached hydrogens (tertiary/aromatic N) is 3. The minimum atomic E-state index is -3.38. The number of carbonyl (C=O) groups is 1. The monoisotopic (exact) mass is 343 g/mol. The lowest BCUT2D eigenvalue weighted by molar-refractivity contribution is -0.166. The van der Waals surface area contributed by atoms with Crippen molar-refractivity contribution in [1.29, 1.82) is 0 Å². The van der Waals surface area contributed by atoms with E-state index in [1.54, 1.807) is 4.90 Å². The van der Waals surface area contributed by atoms with Crippen LogP contribution in [0.15, 0.2) is 12.4 Å². The van der Waals surface area contributed by atoms with E-state index in [0.29, 0.717) is 13.1 Å². The van der Waals surface area contributed by atoms with Gasteiger partial charge in [0, 0.05) is 5.92 Å². The summed E-state index contributed by atoms with van der Waals surface area (Å²) in [4.78, 5) is 13.6. The molecule has 126 valence electrons. The maximum Gasteiger partial charge on any atom is 0.225 e. The molecule has 23 heavy (non-hydrogen) atoms. The van der Waals surface area contributed by atoms with Crippen LogP contribution >= 0.6 is 0 Å². The quantitative estimate of drug-likeness (QED) is 0.761. The van der Waals surface area contributed by atoms with Crippen LogP contribution in [0.5, 0.6) is 0 Å². The standard InChI is InChI=1S/C14H18FN3O4S/c15-11-3-16-18(4-11)5-12-6-22-14(9-23(12,20)21)7-17(8-14)13(19)10-1-2-10/h3-4,10,12H,1-2,5-9H2/t12-/m0/s1. The van der Waals surface area contributed by atoms with Gasteiger partial charge in [0.05, 0.1) is 44.4 Å². The number of aromatic nitrogens is 2. The molecule has 1 saturated carbocycles. The Balaban J connectivity index is 1.40. The van der Waals surface area contributed by atoms with Crippen LogP contribution in [0.25, 0.3) is 0 Å². The highest BCUT2D eigenvalue weighted by Gasteiger charge is 2.55. The fraction of sp³-hybridized carbons (Fsp3) is 0.714. The molecular weight excluding hydrogens is 325 g/mol. The van der Waals surface area contributed by atoms with E-state index in [1.807, 2.05) is 0 Å². The molecule has 1 atom stereocenters. The fourth-order valence-electron chi connectivity index (χ4n) is 3.29. The molecule has 4 rings (SSSR count). The van der Waals surface area contributed by atoms with Gasteiger partial charge >= 0.3 is 0 Å². The number of amides is 1. The first kappa shape index (κ1) is 15.1. The minimum Gasteiger partial charge on any atom is -0.369 e. The summed E-state index contributed by atoms with van der Waals surface area (Å²) in [5.41, 5.74) is -0.755. The van der Waals surface area contributed by atoms with Crippen LogP contribution in [-0.4, -0.2) is 65.3 Å². The summed E-state index contributed by atoms with van der Waals surface area (Å²) >= 11 is 0. The van der Waals surface area contributed by atoms with E-state index < -0.39 is 26.5 Å². The van der Waals surface area contributed by atoms with Gasteiger partial charge in [0.15, 0.2) is 15.7 Å². The third-order valence-electron chi connectivity index (χ3n) is 4.74. The van der Waals surface area contributed by atoms with Crippen LogP contribution in [-0.2, 0) is 25.9 Å². The molecule has 1 spiro atoms. The second kappa shape index (κ2) is 5.01. The summed E-state index contributed by atoms with van der Waals surface area (Å²) in [7, 11) is -3.38. The lowest BCUT2D eigenvalue weighted by Crippen LogP contribution is -2.70. The van der Waals surface area contributed by atoms with E-state index in [4.69, 9.17) is 4.74 Å². The minimum absolute atomic E-state index is 0.0509. The number of carbonyl (C=O) groups excluding carboxylic acids is 1. The first-order valence-electron chi connectivity index (χ1n) is 7.69. The topological polar surface area (TPSA) is 81.5 Å². The summed E-state index contributed by atoms with van der Waals surface area (Å²) in [5, 5.41) is 3.04. The van der Waals surface area contributed by atoms with Gasteiger partial charge in [-0.15, -0.1) is 0 Å². The number of halogens is 1. The third-order valence-corrected chi connectivity index (χ3v) is 6.97. The molecular formula is C14H18FN3O4S. The van der Waals surface area contributed by atoms with Crippen molar-refractivity contribution in [2.24, 2.45) is 5.92 Å². The zero-order valence-electron chi connectivity index (χ0n) is 12.5. The Morgan fingerprint density at radius 1 is 1.43 bits per heavy atom. The molecule has 1 amide bonds. The second-order valence-electron chi connectivity index (χ2n) is 6.77. The van der Waals surface area contributed by atoms with Crippen molar-refractivity contribution in [3.05, 3.63) is 18.2 Å². The van der Waals surface area contributed by atoms with Gasteiger partial charge in [-0.3, -0.25) is 9.48 Å². The molecule has 1 aliphatic carbocycles. The lowest BCUT2D eigenvalue weighted by atomic mass is 9.95. The van der Waals surface area contributed by atoms with Crippen LogP contribution in [0, 0.1) is 11.7 Å². The van der Waals surface area contributed by atoms with Gasteiger partial charge in [-0.05, 0) is 12.8 Å². The Labute approximate surface area is 133 Å². The highest BCUT2D eigenvalue weighted by Crippen LogP contribution is 2.38. The first-order chi connectivity index (χ1) is 10.9. The molecule has 0 aromatic carbocycles. The van der Waals surface area contributed by atoms with Crippen molar-refractivity contribution in [3.8, 4) is 0 Å². The summed E-state index contributed by atoms with van der Waals surface area (Å²) in [6.45, 7) is 0.831. The maximum atomic E-state index is 12.9. The zero-order chi connectivity index (χ0) is 16.2. The Morgan fingerprint density at radius 3 is 2.74 bits per heavy atom. The number of sulfone groups is 1. The summed E-state index contributed by atoms with van der Waals surface area (Å²) in [6, 6.07) is 0. The maximum absolute atomic E-state index is 12.9. The van der Waals surface area contributed by atoms with Gasteiger partial charge in [0.2, 0.25) is 5.91 Å². The lowest BCUT2D eigenvalue weighted by Gasteiger charge is -2.52. The molecule has 7 nitrogen and oxygen atoms in total. The fourth-order valence-corrected chi connectivity index (χ4v) is 5.18. The van der Waals surface area contributed by atoms with Gasteiger partial charge in [-0.2, -0.15) is 5.10 Å². The Morgan fingerprint density at radius 2 is 2.17 bits per heavy atom. The molecule has 0 N–H and O–H groups in total. The highest BCUT2D eigenvalue weighted by molar-refractivity contribution is 7.92. The Kier molecular flexibility index (Phi) is 3.28. The smallest absolute Gasteiger partial charge is 0.225 e. The van der Waals surface area contributed by atoms with Crippen molar-refractivity contribution in [2.75, 3.05) is 25.4 Å². The average molecular weight is 343 g/mol. The van der Waals surface area contributed by atoms with E-state index in [9.17, 15) is 17.6 Å². The summed E-state index contributed by atoms with van der Waals surface area (Å²) < 4.78 is 45.0. The SMILES string of the molecule is O=C(C1CC1)N1CC2(C1)CS(=O)(=O)[C@@H](Cn1cc(F)cn1)CO2. The molecule has 3 fully saturated rings. The van der Waals surface area contributed by atoms with E-state index >= 15 is 0 Å². The van der Waals surface area contributed by atoms with Crippen molar-refractivity contribution in [3.63, 3.8) is 0 Å². The molecule has 2 saturated heterocycles. The van der Waals surface area contributed by atoms with E-state index in [2.05, 4.69) is 5.10 Å². The number of hydrogen-bond acceptors (Lipinski definition) is 5. The van der Waals surface area contributed by atoms with Crippen molar-refractivity contribution in [1.82, 2.24) is 14.7 Å². The number of rotatable bonds is 3. The third kappa shape index (κ3) is 2.76. The van der Waals surface area contributed by atoms with Crippen LogP contribution in [0.1, 0.15) is 12.8 Å². The largest absolute Gasteiger partial charge is 0.369 e. The van der Waals surface area contributed by atoms with Crippen LogP contribution in [0.3, 0.4) is 0 Å². The average Bonchev–Trinajstić information content (AvgIpc) is 3.21. The van der Waals surface area contributed by atoms with E-state index in [-0.39, 0.29) is 30.7 Å². The Bertz CT molecular complexity index is 737. The molecule has 3 heterocycles. The van der Waals surface area contributed by atoms with Crippen LogP contribution < -0.4 is 0 Å². The van der Waals surface area contributed by atoms with Crippen LogP contribution in [0.4, 0.5) is 4.39 Å². The molecule has 3 aliphatic rings. The van der Waals surface area contributed by atoms with Gasteiger partial charge in [0.1, 0.15) is 10.9 Å². The number of hydrogen-bond donors (Lipinski definition) is 0. The van der Waals surface area contributed by atoms with Crippen molar-refractivity contribution < 1.29 is 22.3 Å². The zero-order valence-corrected chi connectivity index (χ0v) is 13.3. The summed E-state index contributed by atoms with van der Waals surface area (Å²) in [5.74, 6) is -0.340.